The van der Waals surface area contributed by atoms with Crippen molar-refractivity contribution in [2.75, 3.05) is 7.11 Å². The molecule has 0 spiro atoms. The summed E-state index contributed by atoms with van der Waals surface area (Å²) >= 11 is 0. The van der Waals surface area contributed by atoms with Gasteiger partial charge in [0.1, 0.15) is 0 Å². The van der Waals surface area contributed by atoms with Gasteiger partial charge in [0.15, 0.2) is 0 Å². The maximum atomic E-state index is 11.7. The van der Waals surface area contributed by atoms with Crippen molar-refractivity contribution in [3.8, 4) is 0 Å². The summed E-state index contributed by atoms with van der Waals surface area (Å²) in [5.41, 5.74) is 2.26. The van der Waals surface area contributed by atoms with Gasteiger partial charge in [-0.05, 0) is 43.1 Å². The van der Waals surface area contributed by atoms with Gasteiger partial charge in [0.05, 0.1) is 12.7 Å². The van der Waals surface area contributed by atoms with Crippen LogP contribution in [-0.2, 0) is 9.53 Å². The summed E-state index contributed by atoms with van der Waals surface area (Å²) in [5, 5.41) is 0. The molecule has 0 heterocycles. The lowest BCUT2D eigenvalue weighted by atomic mass is 9.69. The molecule has 0 fully saturated rings. The van der Waals surface area contributed by atoms with Crippen LogP contribution in [0.4, 0.5) is 0 Å². The van der Waals surface area contributed by atoms with Crippen LogP contribution < -0.4 is 0 Å². The molecule has 0 saturated heterocycles. The number of hydrogen-bond acceptors (Lipinski definition) is 2. The van der Waals surface area contributed by atoms with Gasteiger partial charge in [-0.2, -0.15) is 0 Å². The average molecular weight is 220 g/mol. The molecule has 16 heavy (non-hydrogen) atoms. The van der Waals surface area contributed by atoms with Gasteiger partial charge < -0.3 is 4.74 Å². The highest BCUT2D eigenvalue weighted by molar-refractivity contribution is 5.94. The number of carbonyl (C=O) groups excluding carboxylic acids is 1. The SMILES string of the molecule is COC(=O)C1=CCCC2(C)CCCCC=C12. The average Bonchev–Trinajstić information content (AvgIpc) is 2.48. The first kappa shape index (κ1) is 11.4. The number of hydrogen-bond donors (Lipinski definition) is 0. The maximum Gasteiger partial charge on any atom is 0.337 e. The molecule has 0 N–H and O–H groups in total. The van der Waals surface area contributed by atoms with E-state index < -0.39 is 0 Å². The van der Waals surface area contributed by atoms with E-state index in [1.807, 2.05) is 6.08 Å². The first-order valence-electron chi connectivity index (χ1n) is 6.17. The van der Waals surface area contributed by atoms with Crippen molar-refractivity contribution in [2.24, 2.45) is 5.41 Å². The zero-order valence-corrected chi connectivity index (χ0v) is 10.2. The Morgan fingerprint density at radius 1 is 1.25 bits per heavy atom. The van der Waals surface area contributed by atoms with E-state index in [1.54, 1.807) is 0 Å². The second-order valence-corrected chi connectivity index (χ2v) is 5.07. The quantitative estimate of drug-likeness (QED) is 0.633. The Labute approximate surface area is 97.4 Å². The lowest BCUT2D eigenvalue weighted by Crippen LogP contribution is -2.26. The van der Waals surface area contributed by atoms with Gasteiger partial charge in [-0.3, -0.25) is 0 Å². The van der Waals surface area contributed by atoms with Gasteiger partial charge in [0.2, 0.25) is 0 Å². The smallest absolute Gasteiger partial charge is 0.337 e. The molecule has 2 nitrogen and oxygen atoms in total. The summed E-state index contributed by atoms with van der Waals surface area (Å²) in [5.74, 6) is -0.168. The molecule has 0 bridgehead atoms. The Morgan fingerprint density at radius 3 is 2.81 bits per heavy atom. The highest BCUT2D eigenvalue weighted by Gasteiger charge is 2.36. The second kappa shape index (κ2) is 4.44. The van der Waals surface area contributed by atoms with Gasteiger partial charge >= 0.3 is 5.97 Å². The van der Waals surface area contributed by atoms with Crippen molar-refractivity contribution in [1.29, 1.82) is 0 Å². The van der Waals surface area contributed by atoms with Gasteiger partial charge in [0.25, 0.3) is 0 Å². The number of rotatable bonds is 1. The molecule has 0 amide bonds. The first-order chi connectivity index (χ1) is 7.67. The van der Waals surface area contributed by atoms with E-state index in [0.717, 1.165) is 18.4 Å². The predicted octanol–water partition coefficient (Wildman–Crippen LogP) is 3.39. The molecule has 2 heteroatoms. The van der Waals surface area contributed by atoms with Crippen molar-refractivity contribution in [2.45, 2.75) is 45.4 Å². The Bertz CT molecular complexity index is 352. The molecule has 0 radical (unpaired) electrons. The summed E-state index contributed by atoms with van der Waals surface area (Å²) in [6.07, 6.45) is 11.3. The van der Waals surface area contributed by atoms with Crippen LogP contribution in [0.25, 0.3) is 0 Å². The standard InChI is InChI=1S/C14H20O2/c1-14-9-5-3-4-8-12(14)11(7-6-10-14)13(15)16-2/h7-8H,3-6,9-10H2,1-2H3. The van der Waals surface area contributed by atoms with Crippen LogP contribution >= 0.6 is 0 Å². The lowest BCUT2D eigenvalue weighted by molar-refractivity contribution is -0.136. The zero-order chi connectivity index (χ0) is 11.6. The fourth-order valence-corrected chi connectivity index (χ4v) is 2.93. The minimum Gasteiger partial charge on any atom is -0.465 e. The monoisotopic (exact) mass is 220 g/mol. The molecule has 2 aliphatic rings. The van der Waals surface area contributed by atoms with E-state index in [4.69, 9.17) is 4.74 Å². The van der Waals surface area contributed by atoms with E-state index in [9.17, 15) is 4.79 Å². The van der Waals surface area contributed by atoms with Gasteiger partial charge in [-0.25, -0.2) is 4.79 Å². The van der Waals surface area contributed by atoms with Crippen LogP contribution in [0.3, 0.4) is 0 Å². The van der Waals surface area contributed by atoms with Gasteiger partial charge in [-0.1, -0.05) is 25.5 Å². The maximum absolute atomic E-state index is 11.7. The van der Waals surface area contributed by atoms with Crippen LogP contribution in [0.1, 0.15) is 45.4 Å². The zero-order valence-electron chi connectivity index (χ0n) is 10.2. The Hall–Kier alpha value is -1.05. The third-order valence-electron chi connectivity index (χ3n) is 3.92. The molecule has 1 unspecified atom stereocenters. The number of fused-ring (bicyclic) bond motifs is 1. The molecule has 0 saturated carbocycles. The third kappa shape index (κ3) is 1.93. The minimum atomic E-state index is -0.168. The number of esters is 1. The van der Waals surface area contributed by atoms with Crippen molar-refractivity contribution >= 4 is 5.97 Å². The van der Waals surface area contributed by atoms with Gasteiger partial charge in [-0.15, -0.1) is 0 Å². The van der Waals surface area contributed by atoms with E-state index in [2.05, 4.69) is 13.0 Å². The summed E-state index contributed by atoms with van der Waals surface area (Å²) < 4.78 is 4.88. The molecule has 1 atom stereocenters. The first-order valence-corrected chi connectivity index (χ1v) is 6.17. The lowest BCUT2D eigenvalue weighted by Gasteiger charge is -2.35. The van der Waals surface area contributed by atoms with Crippen LogP contribution in [0, 0.1) is 5.41 Å². The summed E-state index contributed by atoms with van der Waals surface area (Å²) in [4.78, 5) is 11.7. The van der Waals surface area contributed by atoms with Crippen LogP contribution in [-0.4, -0.2) is 13.1 Å². The molecule has 2 rings (SSSR count). The molecule has 0 aromatic rings. The number of carbonyl (C=O) groups is 1. The molecule has 0 aromatic carbocycles. The van der Waals surface area contributed by atoms with Crippen molar-refractivity contribution < 1.29 is 9.53 Å². The number of ether oxygens (including phenoxy) is 1. The summed E-state index contributed by atoms with van der Waals surface area (Å²) in [6.45, 7) is 2.29. The van der Waals surface area contributed by atoms with E-state index in [-0.39, 0.29) is 11.4 Å². The topological polar surface area (TPSA) is 26.3 Å². The summed E-state index contributed by atoms with van der Waals surface area (Å²) in [6, 6.07) is 0. The molecule has 0 aliphatic heterocycles. The molecular weight excluding hydrogens is 200 g/mol. The van der Waals surface area contributed by atoms with Gasteiger partial charge in [0, 0.05) is 0 Å². The highest BCUT2D eigenvalue weighted by Crippen LogP contribution is 2.46. The minimum absolute atomic E-state index is 0.168. The summed E-state index contributed by atoms with van der Waals surface area (Å²) in [7, 11) is 1.46. The Morgan fingerprint density at radius 2 is 2.06 bits per heavy atom. The Balaban J connectivity index is 2.36. The van der Waals surface area contributed by atoms with Crippen LogP contribution in [0.15, 0.2) is 23.3 Å². The van der Waals surface area contributed by atoms with Crippen LogP contribution in [0.5, 0.6) is 0 Å². The third-order valence-corrected chi connectivity index (χ3v) is 3.92. The fraction of sp³-hybridized carbons (Fsp3) is 0.643. The van der Waals surface area contributed by atoms with E-state index in [1.165, 1.54) is 38.4 Å². The Kier molecular flexibility index (Phi) is 3.17. The molecular formula is C14H20O2. The van der Waals surface area contributed by atoms with E-state index >= 15 is 0 Å². The van der Waals surface area contributed by atoms with Crippen LogP contribution in [0.2, 0.25) is 0 Å². The van der Waals surface area contributed by atoms with Crippen molar-refractivity contribution in [1.82, 2.24) is 0 Å². The highest BCUT2D eigenvalue weighted by atomic mass is 16.5. The van der Waals surface area contributed by atoms with Crippen molar-refractivity contribution in [3.63, 3.8) is 0 Å². The number of methoxy groups -OCH3 is 1. The normalized spacial score (nSPS) is 29.6. The van der Waals surface area contributed by atoms with E-state index in [0.29, 0.717) is 0 Å². The fourth-order valence-electron chi connectivity index (χ4n) is 2.93. The largest absolute Gasteiger partial charge is 0.465 e. The van der Waals surface area contributed by atoms with Crippen molar-refractivity contribution in [3.05, 3.63) is 23.3 Å². The predicted molar refractivity (Wildman–Crippen MR) is 64.0 cm³/mol. The second-order valence-electron chi connectivity index (χ2n) is 5.07. The molecule has 0 aromatic heterocycles. The molecule has 2 aliphatic carbocycles. The molecule has 88 valence electrons. The number of allylic oxidation sites excluding steroid dienone is 2.